The number of sulfonamides is 1. The lowest BCUT2D eigenvalue weighted by atomic mass is 10.2. The topological polar surface area (TPSA) is 79.4 Å². The third-order valence-corrected chi connectivity index (χ3v) is 5.53. The Balaban J connectivity index is 2.14. The minimum absolute atomic E-state index is 0.230. The van der Waals surface area contributed by atoms with Crippen LogP contribution in [0.1, 0.15) is 37.0 Å². The molecule has 0 saturated carbocycles. The first-order valence-electron chi connectivity index (χ1n) is 8.30. The molecule has 0 atom stereocenters. The quantitative estimate of drug-likeness (QED) is 0.783. The maximum Gasteiger partial charge on any atom is 0.257 e. The molecule has 1 N–H and O–H groups in total. The molecule has 1 aromatic carbocycles. The Hall–Kier alpha value is -2.25. The minimum atomic E-state index is -3.51. The number of aromatic nitrogens is 1. The highest BCUT2D eigenvalue weighted by Crippen LogP contribution is 2.19. The summed E-state index contributed by atoms with van der Waals surface area (Å²) >= 11 is 0. The molecule has 0 aliphatic heterocycles. The monoisotopic (exact) mass is 361 g/mol. The first-order valence-corrected chi connectivity index (χ1v) is 9.74. The third kappa shape index (κ3) is 4.87. The summed E-state index contributed by atoms with van der Waals surface area (Å²) in [6.45, 7) is 4.90. The molecule has 0 saturated heterocycles. The zero-order valence-electron chi connectivity index (χ0n) is 14.5. The van der Waals surface area contributed by atoms with Gasteiger partial charge in [0.05, 0.1) is 10.5 Å². The molecule has 2 rings (SSSR count). The lowest BCUT2D eigenvalue weighted by molar-refractivity contribution is 0.102. The number of anilines is 1. The summed E-state index contributed by atoms with van der Waals surface area (Å²) in [5.41, 5.74) is 0.974. The number of rotatable bonds is 8. The molecule has 6 nitrogen and oxygen atoms in total. The zero-order chi connectivity index (χ0) is 18.3. The smallest absolute Gasteiger partial charge is 0.257 e. The normalized spacial score (nSPS) is 11.5. The van der Waals surface area contributed by atoms with E-state index in [0.717, 1.165) is 12.8 Å². The fraction of sp³-hybridized carbons (Fsp3) is 0.333. The Morgan fingerprint density at radius 3 is 2.24 bits per heavy atom. The van der Waals surface area contributed by atoms with E-state index in [0.29, 0.717) is 24.3 Å². The molecule has 1 aromatic heterocycles. The van der Waals surface area contributed by atoms with Gasteiger partial charge in [0.2, 0.25) is 10.0 Å². The van der Waals surface area contributed by atoms with Crippen LogP contribution in [0.2, 0.25) is 0 Å². The molecule has 0 aliphatic carbocycles. The van der Waals surface area contributed by atoms with Gasteiger partial charge < -0.3 is 5.32 Å². The average molecular weight is 361 g/mol. The number of carbonyl (C=O) groups is 1. The van der Waals surface area contributed by atoms with Crippen molar-refractivity contribution >= 4 is 21.6 Å². The summed E-state index contributed by atoms with van der Waals surface area (Å²) in [6.07, 6.45) is 4.59. The molecule has 25 heavy (non-hydrogen) atoms. The van der Waals surface area contributed by atoms with E-state index in [1.165, 1.54) is 22.6 Å². The number of hydrogen-bond donors (Lipinski definition) is 1. The van der Waals surface area contributed by atoms with E-state index in [1.807, 2.05) is 13.8 Å². The maximum absolute atomic E-state index is 12.7. The molecule has 7 heteroatoms. The fourth-order valence-electron chi connectivity index (χ4n) is 2.41. The van der Waals surface area contributed by atoms with E-state index in [-0.39, 0.29) is 10.8 Å². The Labute approximate surface area is 148 Å². The first kappa shape index (κ1) is 19.1. The molecule has 0 radical (unpaired) electrons. The highest BCUT2D eigenvalue weighted by Gasteiger charge is 2.22. The van der Waals surface area contributed by atoms with Crippen molar-refractivity contribution in [2.45, 2.75) is 31.6 Å². The van der Waals surface area contributed by atoms with Crippen LogP contribution in [-0.4, -0.2) is 36.7 Å². The minimum Gasteiger partial charge on any atom is -0.322 e. The maximum atomic E-state index is 12.7. The van der Waals surface area contributed by atoms with Crippen LogP contribution in [0.15, 0.2) is 53.7 Å². The van der Waals surface area contributed by atoms with Gasteiger partial charge >= 0.3 is 0 Å². The van der Waals surface area contributed by atoms with Crippen molar-refractivity contribution in [3.05, 3.63) is 54.4 Å². The van der Waals surface area contributed by atoms with Crippen molar-refractivity contribution in [3.8, 4) is 0 Å². The number of nitrogens with zero attached hydrogens (tertiary/aromatic N) is 2. The van der Waals surface area contributed by atoms with Crippen LogP contribution in [0.5, 0.6) is 0 Å². The summed E-state index contributed by atoms with van der Waals surface area (Å²) < 4.78 is 26.9. The number of pyridine rings is 1. The van der Waals surface area contributed by atoms with Gasteiger partial charge in [-0.05, 0) is 49.2 Å². The summed E-state index contributed by atoms with van der Waals surface area (Å²) in [5, 5.41) is 2.73. The van der Waals surface area contributed by atoms with Crippen LogP contribution in [0.25, 0.3) is 0 Å². The van der Waals surface area contributed by atoms with E-state index in [1.54, 1.807) is 30.5 Å². The largest absolute Gasteiger partial charge is 0.322 e. The van der Waals surface area contributed by atoms with Crippen molar-refractivity contribution in [3.63, 3.8) is 0 Å². The highest BCUT2D eigenvalue weighted by atomic mass is 32.2. The second-order valence-corrected chi connectivity index (χ2v) is 7.56. The molecule has 1 amide bonds. The van der Waals surface area contributed by atoms with Crippen LogP contribution >= 0.6 is 0 Å². The molecule has 0 unspecified atom stereocenters. The van der Waals surface area contributed by atoms with Crippen molar-refractivity contribution in [1.29, 1.82) is 0 Å². The molecular formula is C18H23N3O3S. The average Bonchev–Trinajstić information content (AvgIpc) is 2.62. The Kier molecular flexibility index (Phi) is 6.66. The highest BCUT2D eigenvalue weighted by molar-refractivity contribution is 7.89. The van der Waals surface area contributed by atoms with Crippen LogP contribution in [0.3, 0.4) is 0 Å². The summed E-state index contributed by atoms with van der Waals surface area (Å²) in [4.78, 5) is 16.2. The number of benzene rings is 1. The van der Waals surface area contributed by atoms with Crippen LogP contribution < -0.4 is 5.32 Å². The van der Waals surface area contributed by atoms with Gasteiger partial charge in [0.1, 0.15) is 0 Å². The predicted molar refractivity (Wildman–Crippen MR) is 98.0 cm³/mol. The molecule has 134 valence electrons. The second kappa shape index (κ2) is 8.73. The predicted octanol–water partition coefficient (Wildman–Crippen LogP) is 3.14. The van der Waals surface area contributed by atoms with E-state index in [2.05, 4.69) is 10.3 Å². The Bertz CT molecular complexity index is 784. The summed E-state index contributed by atoms with van der Waals surface area (Å²) in [6, 6.07) is 9.57. The van der Waals surface area contributed by atoms with Crippen molar-refractivity contribution in [1.82, 2.24) is 9.29 Å². The number of amides is 1. The van der Waals surface area contributed by atoms with Gasteiger partial charge in [-0.1, -0.05) is 13.8 Å². The molecular weight excluding hydrogens is 338 g/mol. The second-order valence-electron chi connectivity index (χ2n) is 5.62. The molecule has 0 spiro atoms. The standard InChI is InChI=1S/C18H23N3O3S/c1-3-12-21(13-4-2)25(23,24)17-9-7-16(8-10-17)20-18(22)15-6-5-11-19-14-15/h5-11,14H,3-4,12-13H2,1-2H3,(H,20,22). The lowest BCUT2D eigenvalue weighted by Gasteiger charge is -2.21. The van der Waals surface area contributed by atoms with Gasteiger partial charge in [0.15, 0.2) is 0 Å². The van der Waals surface area contributed by atoms with Gasteiger partial charge in [-0.25, -0.2) is 8.42 Å². The fourth-order valence-corrected chi connectivity index (χ4v) is 4.03. The van der Waals surface area contributed by atoms with Gasteiger partial charge in [-0.15, -0.1) is 0 Å². The number of hydrogen-bond acceptors (Lipinski definition) is 4. The van der Waals surface area contributed by atoms with Crippen LogP contribution in [0.4, 0.5) is 5.69 Å². The van der Waals surface area contributed by atoms with Gasteiger partial charge in [0, 0.05) is 31.2 Å². The lowest BCUT2D eigenvalue weighted by Crippen LogP contribution is -2.32. The zero-order valence-corrected chi connectivity index (χ0v) is 15.3. The van der Waals surface area contributed by atoms with Crippen molar-refractivity contribution < 1.29 is 13.2 Å². The van der Waals surface area contributed by atoms with Crippen LogP contribution in [0, 0.1) is 0 Å². The molecule has 2 aromatic rings. The van der Waals surface area contributed by atoms with Gasteiger partial charge in [-0.3, -0.25) is 9.78 Å². The van der Waals surface area contributed by atoms with E-state index < -0.39 is 10.0 Å². The van der Waals surface area contributed by atoms with E-state index in [9.17, 15) is 13.2 Å². The van der Waals surface area contributed by atoms with Gasteiger partial charge in [-0.2, -0.15) is 4.31 Å². The SMILES string of the molecule is CCCN(CCC)S(=O)(=O)c1ccc(NC(=O)c2cccnc2)cc1. The van der Waals surface area contributed by atoms with Crippen molar-refractivity contribution in [2.75, 3.05) is 18.4 Å². The first-order chi connectivity index (χ1) is 12.0. The molecule has 1 heterocycles. The van der Waals surface area contributed by atoms with E-state index in [4.69, 9.17) is 0 Å². The molecule has 0 fully saturated rings. The number of nitrogens with one attached hydrogen (secondary N) is 1. The van der Waals surface area contributed by atoms with Gasteiger partial charge in [0.25, 0.3) is 5.91 Å². The van der Waals surface area contributed by atoms with Crippen molar-refractivity contribution in [2.24, 2.45) is 0 Å². The number of carbonyl (C=O) groups excluding carboxylic acids is 1. The third-order valence-electron chi connectivity index (χ3n) is 3.62. The summed E-state index contributed by atoms with van der Waals surface area (Å²) in [5.74, 6) is -0.290. The molecule has 0 bridgehead atoms. The Morgan fingerprint density at radius 2 is 1.72 bits per heavy atom. The van der Waals surface area contributed by atoms with Crippen LogP contribution in [-0.2, 0) is 10.0 Å². The Morgan fingerprint density at radius 1 is 1.08 bits per heavy atom. The molecule has 0 aliphatic rings. The summed E-state index contributed by atoms with van der Waals surface area (Å²) in [7, 11) is -3.51. The van der Waals surface area contributed by atoms with E-state index >= 15 is 0 Å².